The Kier molecular flexibility index (Phi) is 2.93. The van der Waals surface area contributed by atoms with E-state index in [0.29, 0.717) is 6.29 Å². The topological polar surface area (TPSA) is 57.0 Å². The van der Waals surface area contributed by atoms with Crippen molar-refractivity contribution < 1.29 is 22.7 Å². The summed E-state index contributed by atoms with van der Waals surface area (Å²) in [6.07, 6.45) is -2.64. The van der Waals surface area contributed by atoms with Crippen molar-refractivity contribution in [1.29, 1.82) is 0 Å². The minimum absolute atomic E-state index is 0.0546. The Morgan fingerprint density at radius 1 is 1.50 bits per heavy atom. The fraction of sp³-hybridized carbons (Fsp3) is 0.300. The Morgan fingerprint density at radius 2 is 2.22 bits per heavy atom. The molecule has 0 radical (unpaired) electrons. The standard InChI is InChI=1S/C10H8F3N3O2/c1-16-7(4-17)15-8-6(2-3-14-9(8)16)18-5-10(11,12)13/h2-4H,5H2,1H3. The molecule has 0 aliphatic rings. The Balaban J connectivity index is 2.42. The summed E-state index contributed by atoms with van der Waals surface area (Å²) < 4.78 is 42.2. The molecule has 2 aromatic rings. The molecule has 0 fully saturated rings. The Labute approximate surface area is 99.2 Å². The van der Waals surface area contributed by atoms with E-state index < -0.39 is 12.8 Å². The third kappa shape index (κ3) is 2.27. The van der Waals surface area contributed by atoms with Crippen LogP contribution in [0, 0.1) is 0 Å². The minimum Gasteiger partial charge on any atom is -0.482 e. The summed E-state index contributed by atoms with van der Waals surface area (Å²) in [5.74, 6) is 0.0154. The van der Waals surface area contributed by atoms with E-state index in [1.54, 1.807) is 7.05 Å². The molecule has 0 unspecified atom stereocenters. The maximum atomic E-state index is 12.1. The van der Waals surface area contributed by atoms with E-state index >= 15 is 0 Å². The molecule has 0 bridgehead atoms. The number of alkyl halides is 3. The van der Waals surface area contributed by atoms with Crippen molar-refractivity contribution in [3.8, 4) is 5.75 Å². The molecule has 2 heterocycles. The predicted molar refractivity (Wildman–Crippen MR) is 55.4 cm³/mol. The fourth-order valence-electron chi connectivity index (χ4n) is 1.46. The summed E-state index contributed by atoms with van der Waals surface area (Å²) in [5, 5.41) is 0. The first-order valence-electron chi connectivity index (χ1n) is 4.88. The molecule has 8 heteroatoms. The van der Waals surface area contributed by atoms with E-state index in [2.05, 4.69) is 14.7 Å². The summed E-state index contributed by atoms with van der Waals surface area (Å²) in [6.45, 7) is -1.42. The van der Waals surface area contributed by atoms with Gasteiger partial charge in [0.1, 0.15) is 0 Å². The fourth-order valence-corrected chi connectivity index (χ4v) is 1.46. The summed E-state index contributed by atoms with van der Waals surface area (Å²) >= 11 is 0. The van der Waals surface area contributed by atoms with Gasteiger partial charge >= 0.3 is 6.18 Å². The van der Waals surface area contributed by atoms with Gasteiger partial charge in [-0.05, 0) is 0 Å². The van der Waals surface area contributed by atoms with E-state index in [-0.39, 0.29) is 22.7 Å². The van der Waals surface area contributed by atoms with Gasteiger partial charge in [0.15, 0.2) is 35.6 Å². The number of aldehydes is 1. The second-order valence-electron chi connectivity index (χ2n) is 3.53. The lowest BCUT2D eigenvalue weighted by Gasteiger charge is -2.08. The Morgan fingerprint density at radius 3 is 2.83 bits per heavy atom. The number of carbonyl (C=O) groups excluding carboxylic acids is 1. The number of aromatic nitrogens is 3. The van der Waals surface area contributed by atoms with Crippen LogP contribution in [0.2, 0.25) is 0 Å². The second kappa shape index (κ2) is 4.28. The largest absolute Gasteiger partial charge is 0.482 e. The molecule has 18 heavy (non-hydrogen) atoms. The lowest BCUT2D eigenvalue weighted by Crippen LogP contribution is -2.19. The highest BCUT2D eigenvalue weighted by Crippen LogP contribution is 2.25. The van der Waals surface area contributed by atoms with E-state index in [4.69, 9.17) is 0 Å². The first-order chi connectivity index (χ1) is 8.42. The van der Waals surface area contributed by atoms with Crippen LogP contribution in [0.4, 0.5) is 13.2 Å². The van der Waals surface area contributed by atoms with Crippen molar-refractivity contribution in [2.24, 2.45) is 7.05 Å². The molecule has 0 spiro atoms. The van der Waals surface area contributed by atoms with Gasteiger partial charge in [-0.15, -0.1) is 0 Å². The third-order valence-corrected chi connectivity index (χ3v) is 2.25. The quantitative estimate of drug-likeness (QED) is 0.787. The van der Waals surface area contributed by atoms with Crippen LogP contribution in [0.3, 0.4) is 0 Å². The zero-order valence-corrected chi connectivity index (χ0v) is 9.23. The highest BCUT2D eigenvalue weighted by molar-refractivity contribution is 5.84. The number of carbonyl (C=O) groups is 1. The normalized spacial score (nSPS) is 11.8. The SMILES string of the molecule is Cn1c(C=O)nc2c(OCC(F)(F)F)ccnc21. The van der Waals surface area contributed by atoms with E-state index in [9.17, 15) is 18.0 Å². The van der Waals surface area contributed by atoms with Crippen LogP contribution in [0.25, 0.3) is 11.2 Å². The summed E-state index contributed by atoms with van der Waals surface area (Å²) in [4.78, 5) is 18.5. The number of halogens is 3. The molecule has 0 saturated heterocycles. The Hall–Kier alpha value is -2.12. The van der Waals surface area contributed by atoms with E-state index in [0.717, 1.165) is 0 Å². The highest BCUT2D eigenvalue weighted by atomic mass is 19.4. The number of fused-ring (bicyclic) bond motifs is 1. The first kappa shape index (κ1) is 12.3. The van der Waals surface area contributed by atoms with E-state index in [1.807, 2.05) is 0 Å². The summed E-state index contributed by atoms with van der Waals surface area (Å²) in [6, 6.07) is 1.27. The van der Waals surface area contributed by atoms with Crippen LogP contribution in [0.1, 0.15) is 10.6 Å². The number of pyridine rings is 1. The van der Waals surface area contributed by atoms with Crippen LogP contribution in [-0.4, -0.2) is 33.6 Å². The lowest BCUT2D eigenvalue weighted by atomic mass is 10.4. The van der Waals surface area contributed by atoms with Crippen LogP contribution >= 0.6 is 0 Å². The average Bonchev–Trinajstić information content (AvgIpc) is 2.63. The molecule has 0 aliphatic carbocycles. The predicted octanol–water partition coefficient (Wildman–Crippen LogP) is 1.72. The third-order valence-electron chi connectivity index (χ3n) is 2.25. The van der Waals surface area contributed by atoms with Gasteiger partial charge in [-0.3, -0.25) is 4.79 Å². The maximum absolute atomic E-state index is 12.1. The van der Waals surface area contributed by atoms with Crippen LogP contribution in [0.5, 0.6) is 5.75 Å². The van der Waals surface area contributed by atoms with Crippen molar-refractivity contribution in [2.45, 2.75) is 6.18 Å². The maximum Gasteiger partial charge on any atom is 0.422 e. The molecule has 0 amide bonds. The molecule has 0 saturated carbocycles. The molecule has 0 atom stereocenters. The number of imidazole rings is 1. The van der Waals surface area contributed by atoms with Crippen molar-refractivity contribution in [3.05, 3.63) is 18.1 Å². The number of aryl methyl sites for hydroxylation is 1. The van der Waals surface area contributed by atoms with Gasteiger partial charge in [-0.25, -0.2) is 9.97 Å². The van der Waals surface area contributed by atoms with Crippen LogP contribution in [-0.2, 0) is 7.05 Å². The van der Waals surface area contributed by atoms with Gasteiger partial charge in [-0.1, -0.05) is 0 Å². The zero-order chi connectivity index (χ0) is 13.3. The second-order valence-corrected chi connectivity index (χ2v) is 3.53. The molecule has 2 rings (SSSR count). The van der Waals surface area contributed by atoms with Crippen LogP contribution < -0.4 is 4.74 Å². The summed E-state index contributed by atoms with van der Waals surface area (Å²) in [7, 11) is 1.54. The van der Waals surface area contributed by atoms with Crippen molar-refractivity contribution in [3.63, 3.8) is 0 Å². The van der Waals surface area contributed by atoms with Crippen molar-refractivity contribution in [1.82, 2.24) is 14.5 Å². The molecule has 2 aromatic heterocycles. The summed E-state index contributed by atoms with van der Waals surface area (Å²) in [5.41, 5.74) is 0.420. The number of rotatable bonds is 3. The van der Waals surface area contributed by atoms with Gasteiger partial charge in [0.05, 0.1) is 0 Å². The molecular formula is C10H8F3N3O2. The van der Waals surface area contributed by atoms with Crippen molar-refractivity contribution >= 4 is 17.5 Å². The Bertz CT molecular complexity index is 592. The van der Waals surface area contributed by atoms with Gasteiger partial charge in [0.25, 0.3) is 0 Å². The molecule has 0 aliphatic heterocycles. The van der Waals surface area contributed by atoms with Crippen LogP contribution in [0.15, 0.2) is 12.3 Å². The molecular weight excluding hydrogens is 251 g/mol. The highest BCUT2D eigenvalue weighted by Gasteiger charge is 2.29. The monoisotopic (exact) mass is 259 g/mol. The number of ether oxygens (including phenoxy) is 1. The zero-order valence-electron chi connectivity index (χ0n) is 9.23. The first-order valence-corrected chi connectivity index (χ1v) is 4.88. The average molecular weight is 259 g/mol. The smallest absolute Gasteiger partial charge is 0.422 e. The number of hydrogen-bond donors (Lipinski definition) is 0. The van der Waals surface area contributed by atoms with Crippen molar-refractivity contribution in [2.75, 3.05) is 6.61 Å². The lowest BCUT2D eigenvalue weighted by molar-refractivity contribution is -0.153. The van der Waals surface area contributed by atoms with Gasteiger partial charge in [0.2, 0.25) is 0 Å². The molecule has 0 aromatic carbocycles. The molecule has 0 N–H and O–H groups in total. The van der Waals surface area contributed by atoms with Gasteiger partial charge in [0, 0.05) is 19.3 Å². The van der Waals surface area contributed by atoms with Gasteiger partial charge in [-0.2, -0.15) is 13.2 Å². The molecule has 5 nitrogen and oxygen atoms in total. The number of hydrogen-bond acceptors (Lipinski definition) is 4. The van der Waals surface area contributed by atoms with E-state index in [1.165, 1.54) is 16.8 Å². The molecule has 96 valence electrons. The van der Waals surface area contributed by atoms with Gasteiger partial charge < -0.3 is 9.30 Å². The minimum atomic E-state index is -4.43. The number of nitrogens with zero attached hydrogens (tertiary/aromatic N) is 3.